The smallest absolute Gasteiger partial charge is 0.146 e. The molecule has 21 heavy (non-hydrogen) atoms. The molecule has 0 saturated carbocycles. The third-order valence-electron chi connectivity index (χ3n) is 3.47. The van der Waals surface area contributed by atoms with Gasteiger partial charge in [0.25, 0.3) is 0 Å². The van der Waals surface area contributed by atoms with E-state index in [1.54, 1.807) is 17.7 Å². The van der Waals surface area contributed by atoms with Crippen LogP contribution in [0.15, 0.2) is 6.33 Å². The first-order valence-electron chi connectivity index (χ1n) is 7.40. The average Bonchev–Trinajstić information content (AvgIpc) is 3.01. The molecule has 2 heterocycles. The van der Waals surface area contributed by atoms with Crippen molar-refractivity contribution >= 4 is 11.3 Å². The Bertz CT molecular complexity index is 593. The Morgan fingerprint density at radius 2 is 2.10 bits per heavy atom. The van der Waals surface area contributed by atoms with Gasteiger partial charge in [0, 0.05) is 22.9 Å². The average molecular weight is 307 g/mol. The van der Waals surface area contributed by atoms with E-state index in [9.17, 15) is 0 Å². The monoisotopic (exact) mass is 307 g/mol. The van der Waals surface area contributed by atoms with Gasteiger partial charge < -0.3 is 9.88 Å². The largest absolute Gasteiger partial charge is 0.317 e. The number of nitrogens with one attached hydrogen (secondary N) is 1. The van der Waals surface area contributed by atoms with Crippen molar-refractivity contribution in [2.24, 2.45) is 0 Å². The molecule has 2 aromatic heterocycles. The molecule has 0 spiro atoms. The highest BCUT2D eigenvalue weighted by atomic mass is 32.1. The lowest BCUT2D eigenvalue weighted by Gasteiger charge is -2.14. The maximum absolute atomic E-state index is 4.73. The SMILES string of the molecule is CCn1cnnc1CNC(C)c1sc(C(C)(C)C)nc1C. The highest BCUT2D eigenvalue weighted by Gasteiger charge is 2.22. The molecule has 0 bridgehead atoms. The second-order valence-electron chi connectivity index (χ2n) is 6.35. The minimum Gasteiger partial charge on any atom is -0.317 e. The Hall–Kier alpha value is -1.27. The normalized spacial score (nSPS) is 13.6. The third-order valence-corrected chi connectivity index (χ3v) is 5.24. The highest BCUT2D eigenvalue weighted by Crippen LogP contribution is 2.32. The molecule has 0 aliphatic heterocycles. The zero-order valence-corrected chi connectivity index (χ0v) is 14.6. The second kappa shape index (κ2) is 6.23. The molecular formula is C15H25N5S. The summed E-state index contributed by atoms with van der Waals surface area (Å²) in [5, 5.41) is 12.8. The van der Waals surface area contributed by atoms with E-state index < -0.39 is 0 Å². The summed E-state index contributed by atoms with van der Waals surface area (Å²) in [4.78, 5) is 6.03. The Labute approximate surface area is 130 Å². The topological polar surface area (TPSA) is 55.6 Å². The predicted octanol–water partition coefficient (Wildman–Crippen LogP) is 3.21. The first kappa shape index (κ1) is 16.1. The zero-order chi connectivity index (χ0) is 15.6. The van der Waals surface area contributed by atoms with Gasteiger partial charge in [0.15, 0.2) is 0 Å². The van der Waals surface area contributed by atoms with E-state index in [0.29, 0.717) is 0 Å². The standard InChI is InChI=1S/C15H25N5S/c1-7-20-9-17-19-12(20)8-16-10(2)13-11(3)18-14(21-13)15(4,5)6/h9-10,16H,7-8H2,1-6H3. The van der Waals surface area contributed by atoms with Crippen LogP contribution in [0.25, 0.3) is 0 Å². The summed E-state index contributed by atoms with van der Waals surface area (Å²) in [6.07, 6.45) is 1.78. The molecule has 0 amide bonds. The van der Waals surface area contributed by atoms with Crippen molar-refractivity contribution in [3.63, 3.8) is 0 Å². The summed E-state index contributed by atoms with van der Waals surface area (Å²) in [6.45, 7) is 14.6. The molecule has 1 unspecified atom stereocenters. The van der Waals surface area contributed by atoms with Gasteiger partial charge in [-0.2, -0.15) is 0 Å². The lowest BCUT2D eigenvalue weighted by atomic mass is 9.98. The van der Waals surface area contributed by atoms with Gasteiger partial charge in [0.05, 0.1) is 17.2 Å². The summed E-state index contributed by atoms with van der Waals surface area (Å²) < 4.78 is 2.06. The minimum absolute atomic E-state index is 0.107. The van der Waals surface area contributed by atoms with Gasteiger partial charge >= 0.3 is 0 Å². The maximum Gasteiger partial charge on any atom is 0.146 e. The van der Waals surface area contributed by atoms with Crippen molar-refractivity contribution in [3.05, 3.63) is 27.7 Å². The predicted molar refractivity (Wildman–Crippen MR) is 86.5 cm³/mol. The van der Waals surface area contributed by atoms with Crippen LogP contribution in [-0.2, 0) is 18.5 Å². The Morgan fingerprint density at radius 1 is 1.38 bits per heavy atom. The van der Waals surface area contributed by atoms with Gasteiger partial charge in [-0.15, -0.1) is 21.5 Å². The molecule has 5 nitrogen and oxygen atoms in total. The zero-order valence-electron chi connectivity index (χ0n) is 13.8. The number of aryl methyl sites for hydroxylation is 2. The highest BCUT2D eigenvalue weighted by molar-refractivity contribution is 7.12. The Morgan fingerprint density at radius 3 is 2.67 bits per heavy atom. The Kier molecular flexibility index (Phi) is 4.78. The summed E-state index contributed by atoms with van der Waals surface area (Å²) >= 11 is 1.81. The summed E-state index contributed by atoms with van der Waals surface area (Å²) in [5.74, 6) is 0.975. The van der Waals surface area contributed by atoms with Crippen LogP contribution in [-0.4, -0.2) is 19.7 Å². The van der Waals surface area contributed by atoms with Gasteiger partial charge in [0.2, 0.25) is 0 Å². The van der Waals surface area contributed by atoms with Crippen LogP contribution in [0.4, 0.5) is 0 Å². The summed E-state index contributed by atoms with van der Waals surface area (Å²) in [7, 11) is 0. The van der Waals surface area contributed by atoms with E-state index in [1.807, 2.05) is 0 Å². The van der Waals surface area contributed by atoms with E-state index in [-0.39, 0.29) is 11.5 Å². The van der Waals surface area contributed by atoms with Crippen LogP contribution < -0.4 is 5.32 Å². The van der Waals surface area contributed by atoms with Crippen molar-refractivity contribution in [2.45, 2.75) is 66.1 Å². The van der Waals surface area contributed by atoms with Crippen LogP contribution in [0.5, 0.6) is 0 Å². The molecule has 2 aromatic rings. The number of rotatable bonds is 5. The molecule has 0 radical (unpaired) electrons. The third kappa shape index (κ3) is 3.68. The van der Waals surface area contributed by atoms with Crippen LogP contribution in [0.1, 0.15) is 62.1 Å². The molecule has 1 atom stereocenters. The molecular weight excluding hydrogens is 282 g/mol. The lowest BCUT2D eigenvalue weighted by molar-refractivity contribution is 0.543. The van der Waals surface area contributed by atoms with Crippen molar-refractivity contribution in [1.29, 1.82) is 0 Å². The van der Waals surface area contributed by atoms with Gasteiger partial charge in [-0.3, -0.25) is 0 Å². The fourth-order valence-electron chi connectivity index (χ4n) is 2.15. The number of hydrogen-bond donors (Lipinski definition) is 1. The van der Waals surface area contributed by atoms with E-state index in [2.05, 4.69) is 61.6 Å². The molecule has 0 aliphatic rings. The first-order valence-corrected chi connectivity index (χ1v) is 8.22. The molecule has 0 aromatic carbocycles. The van der Waals surface area contributed by atoms with E-state index >= 15 is 0 Å². The molecule has 0 saturated heterocycles. The summed E-state index contributed by atoms with van der Waals surface area (Å²) in [6, 6.07) is 0.264. The van der Waals surface area contributed by atoms with Crippen molar-refractivity contribution in [3.8, 4) is 0 Å². The van der Waals surface area contributed by atoms with E-state index in [4.69, 9.17) is 4.98 Å². The number of nitrogens with zero attached hydrogens (tertiary/aromatic N) is 4. The molecule has 2 rings (SSSR count). The number of hydrogen-bond acceptors (Lipinski definition) is 5. The van der Waals surface area contributed by atoms with Crippen LogP contribution in [0.3, 0.4) is 0 Å². The van der Waals surface area contributed by atoms with Crippen LogP contribution in [0, 0.1) is 6.92 Å². The second-order valence-corrected chi connectivity index (χ2v) is 7.39. The molecule has 0 fully saturated rings. The molecule has 1 N–H and O–H groups in total. The summed E-state index contributed by atoms with van der Waals surface area (Å²) in [5.41, 5.74) is 1.23. The fraction of sp³-hybridized carbons (Fsp3) is 0.667. The van der Waals surface area contributed by atoms with Crippen molar-refractivity contribution < 1.29 is 0 Å². The first-order chi connectivity index (χ1) is 9.82. The van der Waals surface area contributed by atoms with Gasteiger partial charge in [-0.05, 0) is 20.8 Å². The Balaban J connectivity index is 2.07. The van der Waals surface area contributed by atoms with Gasteiger partial charge in [-0.25, -0.2) is 4.98 Å². The van der Waals surface area contributed by atoms with Crippen LogP contribution in [0.2, 0.25) is 0 Å². The van der Waals surface area contributed by atoms with Crippen LogP contribution >= 0.6 is 11.3 Å². The quantitative estimate of drug-likeness (QED) is 0.921. The fourth-order valence-corrected chi connectivity index (χ4v) is 3.30. The van der Waals surface area contributed by atoms with Gasteiger partial charge in [0.1, 0.15) is 12.2 Å². The van der Waals surface area contributed by atoms with Crippen molar-refractivity contribution in [2.75, 3.05) is 0 Å². The molecule has 116 valence electrons. The number of aromatic nitrogens is 4. The van der Waals surface area contributed by atoms with Crippen molar-refractivity contribution in [1.82, 2.24) is 25.1 Å². The molecule has 6 heteroatoms. The lowest BCUT2D eigenvalue weighted by Crippen LogP contribution is -2.20. The maximum atomic E-state index is 4.73. The van der Waals surface area contributed by atoms with E-state index in [1.165, 1.54) is 9.88 Å². The number of thiazole rings is 1. The van der Waals surface area contributed by atoms with E-state index in [0.717, 1.165) is 24.6 Å². The molecule has 0 aliphatic carbocycles. The van der Waals surface area contributed by atoms with Gasteiger partial charge in [-0.1, -0.05) is 20.8 Å². The minimum atomic E-state index is 0.107.